The van der Waals surface area contributed by atoms with Crippen LogP contribution in [0.5, 0.6) is 0 Å². The minimum atomic E-state index is -0.332. The number of methoxy groups -OCH3 is 1. The average molecular weight is 307 g/mol. The zero-order valence-corrected chi connectivity index (χ0v) is 12.7. The number of nitrogens with zero attached hydrogens (tertiary/aromatic N) is 1. The molecular weight excluding hydrogens is 294 g/mol. The van der Waals surface area contributed by atoms with E-state index in [9.17, 15) is 9.59 Å². The number of esters is 1. The first-order valence-corrected chi connectivity index (χ1v) is 7.67. The first kappa shape index (κ1) is 14.9. The van der Waals surface area contributed by atoms with Crippen LogP contribution in [0.15, 0.2) is 34.2 Å². The Morgan fingerprint density at radius 3 is 2.75 bits per heavy atom. The van der Waals surface area contributed by atoms with E-state index in [1.54, 1.807) is 0 Å². The molecule has 0 aliphatic carbocycles. The fraction of sp³-hybridized carbons (Fsp3) is 0.214. The number of ether oxygens (including phenoxy) is 1. The number of rotatable bonds is 3. The lowest BCUT2D eigenvalue weighted by Gasteiger charge is -1.98. The minimum Gasteiger partial charge on any atom is -0.468 e. The lowest BCUT2D eigenvalue weighted by atomic mass is 10.1. The Morgan fingerprint density at radius 2 is 2.10 bits per heavy atom. The van der Waals surface area contributed by atoms with Crippen molar-refractivity contribution in [2.75, 3.05) is 12.9 Å². The van der Waals surface area contributed by atoms with Crippen LogP contribution in [0.25, 0.3) is 6.08 Å². The van der Waals surface area contributed by atoms with Gasteiger partial charge in [-0.3, -0.25) is 9.59 Å². The molecule has 1 aromatic carbocycles. The van der Waals surface area contributed by atoms with Gasteiger partial charge in [-0.05, 0) is 18.6 Å². The lowest BCUT2D eigenvalue weighted by Crippen LogP contribution is -2.04. The highest BCUT2D eigenvalue weighted by atomic mass is 32.2. The number of hydrogen-bond donors (Lipinski definition) is 0. The van der Waals surface area contributed by atoms with Gasteiger partial charge < -0.3 is 4.74 Å². The van der Waals surface area contributed by atoms with Gasteiger partial charge in [-0.15, -0.1) is 0 Å². The molecule has 1 aromatic rings. The topological polar surface area (TPSA) is 55.7 Å². The smallest absolute Gasteiger partial charge is 0.316 e. The molecule has 2 rings (SSSR count). The van der Waals surface area contributed by atoms with Gasteiger partial charge in [0.15, 0.2) is 0 Å². The van der Waals surface area contributed by atoms with E-state index in [1.165, 1.54) is 36.2 Å². The van der Waals surface area contributed by atoms with E-state index in [1.807, 2.05) is 37.3 Å². The summed E-state index contributed by atoms with van der Waals surface area (Å²) in [6, 6.07) is 7.89. The molecule has 1 aliphatic heterocycles. The maximum absolute atomic E-state index is 11.8. The van der Waals surface area contributed by atoms with Crippen molar-refractivity contribution in [2.24, 2.45) is 4.99 Å². The summed E-state index contributed by atoms with van der Waals surface area (Å²) in [5.74, 6) is -0.433. The Hall–Kier alpha value is -1.53. The number of aryl methyl sites for hydroxylation is 1. The van der Waals surface area contributed by atoms with E-state index in [2.05, 4.69) is 9.73 Å². The van der Waals surface area contributed by atoms with Gasteiger partial charge in [0.2, 0.25) is 0 Å². The van der Waals surface area contributed by atoms with Crippen LogP contribution in [0.2, 0.25) is 0 Å². The largest absolute Gasteiger partial charge is 0.468 e. The zero-order valence-electron chi connectivity index (χ0n) is 11.1. The van der Waals surface area contributed by atoms with E-state index in [-0.39, 0.29) is 17.6 Å². The Balaban J connectivity index is 2.01. The molecule has 0 saturated heterocycles. The lowest BCUT2D eigenvalue weighted by molar-refractivity contribution is -0.137. The second-order valence-electron chi connectivity index (χ2n) is 4.07. The SMILES string of the molecule is COC(=O)CSC1=NC(=O)/C(=C/c2ccc(C)cc2)S1. The van der Waals surface area contributed by atoms with Crippen molar-refractivity contribution >= 4 is 45.9 Å². The molecular formula is C14H13NO3S2. The quantitative estimate of drug-likeness (QED) is 0.635. The Kier molecular flexibility index (Phi) is 5.03. The number of thioether (sulfide) groups is 2. The molecule has 0 aromatic heterocycles. The summed E-state index contributed by atoms with van der Waals surface area (Å²) in [5.41, 5.74) is 2.13. The molecule has 0 unspecified atom stereocenters. The van der Waals surface area contributed by atoms with Crippen molar-refractivity contribution in [1.29, 1.82) is 0 Å². The van der Waals surface area contributed by atoms with Crippen LogP contribution >= 0.6 is 23.5 Å². The number of aliphatic imine (C=N–C) groups is 1. The van der Waals surface area contributed by atoms with E-state index < -0.39 is 0 Å². The van der Waals surface area contributed by atoms with E-state index in [4.69, 9.17) is 0 Å². The summed E-state index contributed by atoms with van der Waals surface area (Å²) < 4.78 is 5.13. The highest BCUT2D eigenvalue weighted by Gasteiger charge is 2.22. The van der Waals surface area contributed by atoms with E-state index in [0.717, 1.165) is 5.56 Å². The van der Waals surface area contributed by atoms with E-state index in [0.29, 0.717) is 9.28 Å². The van der Waals surface area contributed by atoms with Crippen molar-refractivity contribution in [2.45, 2.75) is 6.92 Å². The maximum atomic E-state index is 11.8. The fourth-order valence-electron chi connectivity index (χ4n) is 1.45. The molecule has 4 nitrogen and oxygen atoms in total. The summed E-state index contributed by atoms with van der Waals surface area (Å²) >= 11 is 2.50. The van der Waals surface area contributed by atoms with Crippen LogP contribution in [0, 0.1) is 6.92 Å². The standard InChI is InChI=1S/C14H13NO3S2/c1-9-3-5-10(6-4-9)7-11-13(17)15-14(20-11)19-8-12(16)18-2/h3-7H,8H2,1-2H3/b11-7-. The molecule has 6 heteroatoms. The van der Waals surface area contributed by atoms with Gasteiger partial charge in [0.1, 0.15) is 4.38 Å². The van der Waals surface area contributed by atoms with Crippen LogP contribution < -0.4 is 0 Å². The third-order valence-corrected chi connectivity index (χ3v) is 4.62. The zero-order chi connectivity index (χ0) is 14.5. The van der Waals surface area contributed by atoms with Crippen LogP contribution in [0.3, 0.4) is 0 Å². The normalized spacial score (nSPS) is 16.4. The van der Waals surface area contributed by atoms with Gasteiger partial charge in [0.25, 0.3) is 5.91 Å². The minimum absolute atomic E-state index is 0.160. The molecule has 0 spiro atoms. The Labute approximate surface area is 125 Å². The number of hydrogen-bond acceptors (Lipinski definition) is 5. The van der Waals surface area contributed by atoms with Gasteiger partial charge in [-0.2, -0.15) is 4.99 Å². The maximum Gasteiger partial charge on any atom is 0.316 e. The summed E-state index contributed by atoms with van der Waals surface area (Å²) in [6.07, 6.45) is 1.81. The van der Waals surface area contributed by atoms with Crippen LogP contribution in [0.4, 0.5) is 0 Å². The predicted octanol–water partition coefficient (Wildman–Crippen LogP) is 2.87. The van der Waals surface area contributed by atoms with Crippen LogP contribution in [-0.4, -0.2) is 29.1 Å². The third kappa shape index (κ3) is 3.98. The van der Waals surface area contributed by atoms with Crippen molar-refractivity contribution in [1.82, 2.24) is 0 Å². The van der Waals surface area contributed by atoms with Gasteiger partial charge in [0, 0.05) is 0 Å². The van der Waals surface area contributed by atoms with Gasteiger partial charge in [-0.25, -0.2) is 0 Å². The highest BCUT2D eigenvalue weighted by Crippen LogP contribution is 2.33. The highest BCUT2D eigenvalue weighted by molar-refractivity contribution is 8.41. The summed E-state index contributed by atoms with van der Waals surface area (Å²) in [5, 5.41) is 0. The molecule has 1 aliphatic rings. The van der Waals surface area contributed by atoms with E-state index >= 15 is 0 Å². The molecule has 104 valence electrons. The van der Waals surface area contributed by atoms with Crippen molar-refractivity contribution in [3.05, 3.63) is 40.3 Å². The Bertz CT molecular complexity index is 591. The first-order chi connectivity index (χ1) is 9.58. The molecule has 0 saturated carbocycles. The van der Waals surface area contributed by atoms with Crippen LogP contribution in [0.1, 0.15) is 11.1 Å². The number of benzene rings is 1. The molecule has 1 amide bonds. The van der Waals surface area contributed by atoms with Crippen LogP contribution in [-0.2, 0) is 14.3 Å². The molecule has 0 atom stereocenters. The summed E-state index contributed by atoms with van der Waals surface area (Å²) in [7, 11) is 1.33. The van der Waals surface area contributed by atoms with Crippen molar-refractivity contribution < 1.29 is 14.3 Å². The second-order valence-corrected chi connectivity index (χ2v) is 6.32. The summed E-state index contributed by atoms with van der Waals surface area (Å²) in [4.78, 5) is 27.3. The fourth-order valence-corrected chi connectivity index (χ4v) is 3.28. The number of carbonyl (C=O) groups excluding carboxylic acids is 2. The monoisotopic (exact) mass is 307 g/mol. The van der Waals surface area contributed by atoms with Gasteiger partial charge in [-0.1, -0.05) is 53.4 Å². The van der Waals surface area contributed by atoms with Crippen molar-refractivity contribution in [3.63, 3.8) is 0 Å². The first-order valence-electron chi connectivity index (χ1n) is 5.87. The van der Waals surface area contributed by atoms with Gasteiger partial charge >= 0.3 is 5.97 Å². The third-order valence-electron chi connectivity index (χ3n) is 2.52. The molecule has 0 fully saturated rings. The molecule has 0 bridgehead atoms. The predicted molar refractivity (Wildman–Crippen MR) is 83.7 cm³/mol. The Morgan fingerprint density at radius 1 is 1.40 bits per heavy atom. The molecule has 0 radical (unpaired) electrons. The number of carbonyl (C=O) groups is 2. The molecule has 20 heavy (non-hydrogen) atoms. The molecule has 0 N–H and O–H groups in total. The molecule has 1 heterocycles. The average Bonchev–Trinajstić information content (AvgIpc) is 2.79. The van der Waals surface area contributed by atoms with Gasteiger partial charge in [0.05, 0.1) is 17.8 Å². The van der Waals surface area contributed by atoms with Crippen molar-refractivity contribution in [3.8, 4) is 0 Å². The second kappa shape index (κ2) is 6.76. The number of amides is 1. The summed E-state index contributed by atoms with van der Waals surface area (Å²) in [6.45, 7) is 2.01.